The van der Waals surface area contributed by atoms with Crippen LogP contribution in [0, 0.1) is 5.82 Å². The highest BCUT2D eigenvalue weighted by Gasteiger charge is 2.22. The summed E-state index contributed by atoms with van der Waals surface area (Å²) in [5.74, 6) is -0.585. The standard InChI is InChI=1S/C21H19FN4O2S/c22-14-5-3-7-15(11-14)24-19(27)13-29-20-17-8-4-9-18(17)26(21(28)25-20)12-16-6-1-2-10-23-16/h1-3,5-7,10-11H,4,8-9,12-13H2,(H,24,27). The van der Waals surface area contributed by atoms with Crippen LogP contribution >= 0.6 is 11.8 Å². The summed E-state index contributed by atoms with van der Waals surface area (Å²) in [5, 5.41) is 3.27. The van der Waals surface area contributed by atoms with Crippen LogP contribution in [0.25, 0.3) is 0 Å². The van der Waals surface area contributed by atoms with Gasteiger partial charge in [0.25, 0.3) is 0 Å². The molecule has 1 aromatic carbocycles. The minimum atomic E-state index is -0.411. The van der Waals surface area contributed by atoms with Gasteiger partial charge in [-0.3, -0.25) is 14.3 Å². The van der Waals surface area contributed by atoms with Gasteiger partial charge in [-0.05, 0) is 49.6 Å². The lowest BCUT2D eigenvalue weighted by molar-refractivity contribution is -0.113. The Morgan fingerprint density at radius 3 is 2.90 bits per heavy atom. The first-order valence-electron chi connectivity index (χ1n) is 9.31. The smallest absolute Gasteiger partial charge is 0.325 e. The number of halogens is 1. The molecule has 0 saturated heterocycles. The highest BCUT2D eigenvalue weighted by atomic mass is 32.2. The molecule has 0 bridgehead atoms. The average Bonchev–Trinajstić information content (AvgIpc) is 3.19. The van der Waals surface area contributed by atoms with Gasteiger partial charge < -0.3 is 5.32 Å². The second kappa shape index (κ2) is 8.57. The number of benzene rings is 1. The van der Waals surface area contributed by atoms with Crippen LogP contribution < -0.4 is 11.0 Å². The van der Waals surface area contributed by atoms with Crippen molar-refractivity contribution in [3.8, 4) is 0 Å². The van der Waals surface area contributed by atoms with Crippen LogP contribution in [0.1, 0.15) is 23.4 Å². The molecule has 1 N–H and O–H groups in total. The van der Waals surface area contributed by atoms with E-state index in [1.807, 2.05) is 18.2 Å². The Morgan fingerprint density at radius 2 is 2.10 bits per heavy atom. The van der Waals surface area contributed by atoms with Gasteiger partial charge in [-0.25, -0.2) is 9.18 Å². The Balaban J connectivity index is 1.50. The predicted octanol–water partition coefficient (Wildman–Crippen LogP) is 3.05. The number of carbonyl (C=O) groups is 1. The molecule has 0 radical (unpaired) electrons. The third kappa shape index (κ3) is 4.54. The summed E-state index contributed by atoms with van der Waals surface area (Å²) in [6.07, 6.45) is 4.29. The Hall–Kier alpha value is -3.00. The van der Waals surface area contributed by atoms with E-state index in [-0.39, 0.29) is 17.3 Å². The number of pyridine rings is 1. The molecule has 1 aliphatic carbocycles. The molecule has 1 amide bonds. The fraction of sp³-hybridized carbons (Fsp3) is 0.238. The van der Waals surface area contributed by atoms with Crippen LogP contribution in [0.4, 0.5) is 10.1 Å². The summed E-state index contributed by atoms with van der Waals surface area (Å²) in [4.78, 5) is 33.4. The molecule has 148 valence electrons. The van der Waals surface area contributed by atoms with Gasteiger partial charge in [0.15, 0.2) is 0 Å². The lowest BCUT2D eigenvalue weighted by Gasteiger charge is -2.14. The first-order chi connectivity index (χ1) is 14.1. The third-order valence-electron chi connectivity index (χ3n) is 4.70. The molecule has 0 fully saturated rings. The van der Waals surface area contributed by atoms with Gasteiger partial charge in [0.1, 0.15) is 10.8 Å². The Kier molecular flexibility index (Phi) is 5.71. The van der Waals surface area contributed by atoms with Gasteiger partial charge in [0.05, 0.1) is 18.0 Å². The molecular formula is C21H19FN4O2S. The molecule has 2 heterocycles. The van der Waals surface area contributed by atoms with Crippen molar-refractivity contribution >= 4 is 23.4 Å². The summed E-state index contributed by atoms with van der Waals surface area (Å²) in [6.45, 7) is 0.389. The number of rotatable bonds is 6. The first kappa shape index (κ1) is 19.3. The summed E-state index contributed by atoms with van der Waals surface area (Å²) in [5.41, 5.74) is 2.89. The van der Waals surface area contributed by atoms with E-state index in [9.17, 15) is 14.0 Å². The fourth-order valence-electron chi connectivity index (χ4n) is 3.42. The molecule has 4 rings (SSSR count). The van der Waals surface area contributed by atoms with Crippen LogP contribution in [0.5, 0.6) is 0 Å². The van der Waals surface area contributed by atoms with Crippen molar-refractivity contribution < 1.29 is 9.18 Å². The van der Waals surface area contributed by atoms with Gasteiger partial charge in [-0.15, -0.1) is 0 Å². The predicted molar refractivity (Wildman–Crippen MR) is 110 cm³/mol. The quantitative estimate of drug-likeness (QED) is 0.499. The van der Waals surface area contributed by atoms with Crippen LogP contribution in [0.3, 0.4) is 0 Å². The number of amides is 1. The lowest BCUT2D eigenvalue weighted by Crippen LogP contribution is -2.28. The van der Waals surface area contributed by atoms with Gasteiger partial charge in [0, 0.05) is 23.1 Å². The van der Waals surface area contributed by atoms with Crippen molar-refractivity contribution in [1.82, 2.24) is 14.5 Å². The monoisotopic (exact) mass is 410 g/mol. The van der Waals surface area contributed by atoms with Crippen molar-refractivity contribution in [2.45, 2.75) is 30.8 Å². The topological polar surface area (TPSA) is 76.9 Å². The number of thioether (sulfide) groups is 1. The summed E-state index contributed by atoms with van der Waals surface area (Å²) >= 11 is 1.24. The third-order valence-corrected chi connectivity index (χ3v) is 5.71. The number of hydrogen-bond donors (Lipinski definition) is 1. The number of aromatic nitrogens is 3. The number of carbonyl (C=O) groups excluding carboxylic acids is 1. The number of nitrogens with zero attached hydrogens (tertiary/aromatic N) is 3. The second-order valence-corrected chi connectivity index (χ2v) is 7.70. The van der Waals surface area contributed by atoms with Crippen molar-refractivity contribution in [3.05, 3.63) is 81.9 Å². The highest BCUT2D eigenvalue weighted by Crippen LogP contribution is 2.29. The average molecular weight is 410 g/mol. The molecule has 6 nitrogen and oxygen atoms in total. The zero-order chi connectivity index (χ0) is 20.2. The van der Waals surface area contributed by atoms with E-state index in [0.717, 1.165) is 36.2 Å². The van der Waals surface area contributed by atoms with Crippen LogP contribution in [-0.4, -0.2) is 26.2 Å². The van der Waals surface area contributed by atoms with Crippen LogP contribution in [0.15, 0.2) is 58.5 Å². The summed E-state index contributed by atoms with van der Waals surface area (Å²) in [7, 11) is 0. The van der Waals surface area contributed by atoms with Gasteiger partial charge in [0.2, 0.25) is 5.91 Å². The summed E-state index contributed by atoms with van der Waals surface area (Å²) in [6, 6.07) is 11.3. The molecule has 8 heteroatoms. The van der Waals surface area contributed by atoms with E-state index in [4.69, 9.17) is 0 Å². The molecule has 29 heavy (non-hydrogen) atoms. The van der Waals surface area contributed by atoms with Gasteiger partial charge >= 0.3 is 5.69 Å². The van der Waals surface area contributed by atoms with Gasteiger partial charge in [-0.1, -0.05) is 23.9 Å². The fourth-order valence-corrected chi connectivity index (χ4v) is 4.30. The molecule has 0 aliphatic heterocycles. The van der Waals surface area contributed by atoms with E-state index >= 15 is 0 Å². The molecule has 1 aliphatic rings. The number of fused-ring (bicyclic) bond motifs is 1. The number of nitrogens with one attached hydrogen (secondary N) is 1. The maximum atomic E-state index is 13.2. The Morgan fingerprint density at radius 1 is 1.21 bits per heavy atom. The van der Waals surface area contributed by atoms with Crippen molar-refractivity contribution in [1.29, 1.82) is 0 Å². The second-order valence-electron chi connectivity index (χ2n) is 6.73. The van der Waals surface area contributed by atoms with E-state index in [1.54, 1.807) is 16.8 Å². The van der Waals surface area contributed by atoms with Gasteiger partial charge in [-0.2, -0.15) is 4.98 Å². The lowest BCUT2D eigenvalue weighted by atomic mass is 10.2. The molecule has 0 saturated carbocycles. The van der Waals surface area contributed by atoms with Crippen molar-refractivity contribution in [2.24, 2.45) is 0 Å². The Bertz CT molecular complexity index is 1100. The first-order valence-corrected chi connectivity index (χ1v) is 10.3. The number of anilines is 1. The van der Waals surface area contributed by atoms with E-state index in [2.05, 4.69) is 15.3 Å². The van der Waals surface area contributed by atoms with Crippen LogP contribution in [0.2, 0.25) is 0 Å². The summed E-state index contributed by atoms with van der Waals surface area (Å²) < 4.78 is 14.9. The van der Waals surface area contributed by atoms with E-state index < -0.39 is 5.82 Å². The molecule has 0 atom stereocenters. The Labute approximate surface area is 171 Å². The van der Waals surface area contributed by atoms with Crippen LogP contribution in [-0.2, 0) is 24.2 Å². The van der Waals surface area contributed by atoms with Crippen molar-refractivity contribution in [3.63, 3.8) is 0 Å². The van der Waals surface area contributed by atoms with E-state index in [0.29, 0.717) is 17.3 Å². The molecule has 2 aromatic heterocycles. The zero-order valence-electron chi connectivity index (χ0n) is 15.6. The molecular weight excluding hydrogens is 391 g/mol. The van der Waals surface area contributed by atoms with Crippen molar-refractivity contribution in [2.75, 3.05) is 11.1 Å². The maximum Gasteiger partial charge on any atom is 0.349 e. The molecule has 0 unspecified atom stereocenters. The normalized spacial score (nSPS) is 12.6. The molecule has 3 aromatic rings. The zero-order valence-corrected chi connectivity index (χ0v) is 16.4. The largest absolute Gasteiger partial charge is 0.349 e. The minimum Gasteiger partial charge on any atom is -0.325 e. The minimum absolute atomic E-state index is 0.0969. The van der Waals surface area contributed by atoms with E-state index in [1.165, 1.54) is 30.0 Å². The molecule has 0 spiro atoms. The maximum absolute atomic E-state index is 13.2. The highest BCUT2D eigenvalue weighted by molar-refractivity contribution is 8.00. The number of hydrogen-bond acceptors (Lipinski definition) is 5. The SMILES string of the molecule is O=C(CSc1nc(=O)n(Cc2ccccn2)c2c1CCC2)Nc1cccc(F)c1.